The van der Waals surface area contributed by atoms with Crippen molar-refractivity contribution in [1.82, 2.24) is 19.8 Å². The van der Waals surface area contributed by atoms with Crippen molar-refractivity contribution < 1.29 is 0 Å². The summed E-state index contributed by atoms with van der Waals surface area (Å²) < 4.78 is 2.23. The predicted octanol–water partition coefficient (Wildman–Crippen LogP) is 1.97. The number of aromatic nitrogens is 4. The van der Waals surface area contributed by atoms with E-state index in [0.29, 0.717) is 10.7 Å². The number of fused-ring (bicyclic) bond motifs is 1. The number of nitrogens with zero attached hydrogens (tertiary/aromatic N) is 3. The normalized spacial score (nSPS) is 11.6. The predicted molar refractivity (Wildman–Crippen MR) is 50.1 cm³/mol. The number of aromatic amines is 1. The van der Waals surface area contributed by atoms with Crippen LogP contribution in [0.4, 0.5) is 0 Å². The maximum absolute atomic E-state index is 4.98. The van der Waals surface area contributed by atoms with Gasteiger partial charge in [-0.3, -0.25) is 0 Å². The van der Waals surface area contributed by atoms with Gasteiger partial charge in [-0.25, -0.2) is 5.10 Å². The minimum Gasteiger partial charge on any atom is -0.249 e. The molecule has 0 aliphatic rings. The van der Waals surface area contributed by atoms with E-state index in [4.69, 9.17) is 12.2 Å². The lowest BCUT2D eigenvalue weighted by Crippen LogP contribution is -1.89. The van der Waals surface area contributed by atoms with Crippen molar-refractivity contribution in [3.63, 3.8) is 0 Å². The van der Waals surface area contributed by atoms with E-state index in [0.717, 1.165) is 9.97 Å². The van der Waals surface area contributed by atoms with Crippen LogP contribution in [0.15, 0.2) is 0 Å². The zero-order valence-corrected chi connectivity index (χ0v) is 8.37. The third kappa shape index (κ3) is 1.07. The Kier molecular flexibility index (Phi) is 1.73. The van der Waals surface area contributed by atoms with Crippen LogP contribution in [0.1, 0.15) is 24.8 Å². The van der Waals surface area contributed by atoms with Gasteiger partial charge >= 0.3 is 0 Å². The average Bonchev–Trinajstić information content (AvgIpc) is 2.53. The fourth-order valence-corrected chi connectivity index (χ4v) is 1.96. The van der Waals surface area contributed by atoms with Crippen LogP contribution in [0.3, 0.4) is 0 Å². The van der Waals surface area contributed by atoms with E-state index in [1.54, 1.807) is 15.9 Å². The fourth-order valence-electron chi connectivity index (χ4n) is 0.877. The van der Waals surface area contributed by atoms with Gasteiger partial charge in [-0.05, 0) is 12.2 Å². The van der Waals surface area contributed by atoms with Gasteiger partial charge in [-0.2, -0.15) is 9.61 Å². The van der Waals surface area contributed by atoms with E-state index in [1.165, 1.54) is 0 Å². The molecule has 1 N–H and O–H groups in total. The Balaban J connectivity index is 2.71. The van der Waals surface area contributed by atoms with E-state index in [9.17, 15) is 0 Å². The monoisotopic (exact) mass is 200 g/mol. The number of hydrogen-bond donors (Lipinski definition) is 1. The number of H-pyrrole nitrogens is 1. The number of nitrogens with one attached hydrogen (secondary N) is 1. The Morgan fingerprint density at radius 3 is 2.92 bits per heavy atom. The standard InChI is InChI=1S/C6H8N4S2/c1-3(2)4-9-10-5(11)7-8-6(10)12-4/h3H,1-2H3,(H,7,11). The molecular weight excluding hydrogens is 192 g/mol. The molecule has 0 atom stereocenters. The molecule has 64 valence electrons. The quantitative estimate of drug-likeness (QED) is 0.716. The molecule has 0 spiro atoms. The second-order valence-electron chi connectivity index (χ2n) is 2.82. The van der Waals surface area contributed by atoms with Gasteiger partial charge in [0.1, 0.15) is 5.01 Å². The van der Waals surface area contributed by atoms with Gasteiger partial charge in [0.05, 0.1) is 0 Å². The highest BCUT2D eigenvalue weighted by Crippen LogP contribution is 2.20. The van der Waals surface area contributed by atoms with E-state index in [1.807, 2.05) is 0 Å². The summed E-state index contributed by atoms with van der Waals surface area (Å²) in [5.74, 6) is 0.436. The smallest absolute Gasteiger partial charge is 0.233 e. The summed E-state index contributed by atoms with van der Waals surface area (Å²) in [6.45, 7) is 4.20. The Morgan fingerprint density at radius 1 is 1.58 bits per heavy atom. The molecule has 0 bridgehead atoms. The summed E-state index contributed by atoms with van der Waals surface area (Å²) in [6.07, 6.45) is 0. The molecule has 0 amide bonds. The van der Waals surface area contributed by atoms with Gasteiger partial charge in [0.15, 0.2) is 0 Å². The van der Waals surface area contributed by atoms with Crippen LogP contribution in [0.25, 0.3) is 4.96 Å². The van der Waals surface area contributed by atoms with Gasteiger partial charge in [-0.1, -0.05) is 25.2 Å². The topological polar surface area (TPSA) is 46.0 Å². The highest BCUT2D eigenvalue weighted by atomic mass is 32.1. The van der Waals surface area contributed by atoms with E-state index >= 15 is 0 Å². The largest absolute Gasteiger partial charge is 0.249 e. The Morgan fingerprint density at radius 2 is 2.33 bits per heavy atom. The van der Waals surface area contributed by atoms with Crippen LogP contribution in [0.5, 0.6) is 0 Å². The fraction of sp³-hybridized carbons (Fsp3) is 0.500. The summed E-state index contributed by atoms with van der Waals surface area (Å²) >= 11 is 6.55. The van der Waals surface area contributed by atoms with Crippen LogP contribution < -0.4 is 0 Å². The first-order valence-corrected chi connectivity index (χ1v) is 4.85. The number of hydrogen-bond acceptors (Lipinski definition) is 4. The first-order valence-electron chi connectivity index (χ1n) is 3.62. The van der Waals surface area contributed by atoms with Crippen molar-refractivity contribution in [3.8, 4) is 0 Å². The first-order chi connectivity index (χ1) is 5.68. The molecule has 4 nitrogen and oxygen atoms in total. The van der Waals surface area contributed by atoms with E-state index < -0.39 is 0 Å². The summed E-state index contributed by atoms with van der Waals surface area (Å²) in [7, 11) is 0. The SMILES string of the molecule is CC(C)c1nn2c(=S)[nH]nc2s1. The van der Waals surface area contributed by atoms with Crippen LogP contribution in [0, 0.1) is 4.77 Å². The molecule has 2 rings (SSSR count). The Hall–Kier alpha value is -0.750. The Bertz CT molecular complexity index is 449. The molecular formula is C6H8N4S2. The molecule has 0 aliphatic carbocycles. The zero-order chi connectivity index (χ0) is 8.72. The lowest BCUT2D eigenvalue weighted by Gasteiger charge is -1.93. The summed E-state index contributed by atoms with van der Waals surface area (Å²) in [5, 5.41) is 12.1. The van der Waals surface area contributed by atoms with Gasteiger partial charge in [0, 0.05) is 5.92 Å². The molecule has 0 saturated carbocycles. The van der Waals surface area contributed by atoms with Crippen molar-refractivity contribution in [1.29, 1.82) is 0 Å². The number of rotatable bonds is 1. The maximum Gasteiger partial charge on any atom is 0.233 e. The molecule has 0 saturated heterocycles. The van der Waals surface area contributed by atoms with E-state index in [-0.39, 0.29) is 0 Å². The first kappa shape index (κ1) is 7.88. The van der Waals surface area contributed by atoms with Gasteiger partial charge in [0.2, 0.25) is 9.73 Å². The minimum absolute atomic E-state index is 0.436. The lowest BCUT2D eigenvalue weighted by atomic mass is 10.2. The summed E-state index contributed by atoms with van der Waals surface area (Å²) in [5.41, 5.74) is 0. The molecule has 12 heavy (non-hydrogen) atoms. The minimum atomic E-state index is 0.436. The zero-order valence-electron chi connectivity index (χ0n) is 6.74. The summed E-state index contributed by atoms with van der Waals surface area (Å²) in [6, 6.07) is 0. The maximum atomic E-state index is 4.98. The molecule has 6 heteroatoms. The van der Waals surface area contributed by atoms with Crippen molar-refractivity contribution >= 4 is 28.5 Å². The van der Waals surface area contributed by atoms with Crippen molar-refractivity contribution in [3.05, 3.63) is 9.78 Å². The second-order valence-corrected chi connectivity index (χ2v) is 4.19. The van der Waals surface area contributed by atoms with Crippen LogP contribution in [-0.2, 0) is 0 Å². The summed E-state index contributed by atoms with van der Waals surface area (Å²) in [4.78, 5) is 0.837. The van der Waals surface area contributed by atoms with Crippen molar-refractivity contribution in [2.45, 2.75) is 19.8 Å². The molecule has 0 radical (unpaired) electrons. The molecule has 2 aromatic rings. The highest BCUT2D eigenvalue weighted by Gasteiger charge is 2.08. The average molecular weight is 200 g/mol. The molecule has 2 heterocycles. The highest BCUT2D eigenvalue weighted by molar-refractivity contribution is 7.71. The van der Waals surface area contributed by atoms with Gasteiger partial charge < -0.3 is 0 Å². The van der Waals surface area contributed by atoms with Crippen LogP contribution in [-0.4, -0.2) is 19.8 Å². The van der Waals surface area contributed by atoms with Crippen LogP contribution in [0.2, 0.25) is 0 Å². The lowest BCUT2D eigenvalue weighted by molar-refractivity contribution is 0.794. The van der Waals surface area contributed by atoms with Gasteiger partial charge in [-0.15, -0.1) is 5.10 Å². The van der Waals surface area contributed by atoms with Gasteiger partial charge in [0.25, 0.3) is 0 Å². The molecule has 0 aromatic carbocycles. The second kappa shape index (κ2) is 2.63. The third-order valence-corrected chi connectivity index (χ3v) is 2.98. The Labute approximate surface area is 78.2 Å². The molecule has 0 aliphatic heterocycles. The molecule has 2 aromatic heterocycles. The van der Waals surface area contributed by atoms with E-state index in [2.05, 4.69) is 29.1 Å². The third-order valence-electron chi connectivity index (χ3n) is 1.51. The van der Waals surface area contributed by atoms with Crippen molar-refractivity contribution in [2.75, 3.05) is 0 Å². The molecule has 0 fully saturated rings. The van der Waals surface area contributed by atoms with Crippen molar-refractivity contribution in [2.24, 2.45) is 0 Å². The van der Waals surface area contributed by atoms with Crippen LogP contribution >= 0.6 is 23.6 Å². The molecule has 0 unspecified atom stereocenters.